The second-order valence-corrected chi connectivity index (χ2v) is 4.77. The van der Waals surface area contributed by atoms with Crippen LogP contribution in [0.25, 0.3) is 0 Å². The molecular formula is C16H20N2O5. The first-order valence-electron chi connectivity index (χ1n) is 6.97. The molecule has 7 nitrogen and oxygen atoms in total. The first-order valence-corrected chi connectivity index (χ1v) is 6.97. The molecule has 0 atom stereocenters. The van der Waals surface area contributed by atoms with Gasteiger partial charge in [0.25, 0.3) is 0 Å². The molecule has 23 heavy (non-hydrogen) atoms. The van der Waals surface area contributed by atoms with E-state index < -0.39 is 0 Å². The van der Waals surface area contributed by atoms with Crippen LogP contribution in [0.2, 0.25) is 0 Å². The van der Waals surface area contributed by atoms with E-state index in [0.29, 0.717) is 23.9 Å². The van der Waals surface area contributed by atoms with Crippen LogP contribution in [0, 0.1) is 13.8 Å². The first-order chi connectivity index (χ1) is 11.1. The van der Waals surface area contributed by atoms with E-state index in [4.69, 9.17) is 23.6 Å². The van der Waals surface area contributed by atoms with Crippen molar-refractivity contribution >= 4 is 6.21 Å². The Morgan fingerprint density at radius 2 is 1.74 bits per heavy atom. The minimum Gasteiger partial charge on any atom is -0.493 e. The quantitative estimate of drug-likeness (QED) is 0.577. The lowest BCUT2D eigenvalue weighted by atomic mass is 10.2. The number of hydrogen-bond donors (Lipinski definition) is 0. The second kappa shape index (κ2) is 7.53. The summed E-state index contributed by atoms with van der Waals surface area (Å²) in [6.07, 6.45) is 1.57. The maximum absolute atomic E-state index is 5.30. The summed E-state index contributed by atoms with van der Waals surface area (Å²) in [5.74, 6) is 2.37. The van der Waals surface area contributed by atoms with Crippen molar-refractivity contribution in [2.45, 2.75) is 20.5 Å². The molecule has 0 unspecified atom stereocenters. The molecule has 7 heteroatoms. The number of aryl methyl sites for hydroxylation is 2. The van der Waals surface area contributed by atoms with E-state index in [-0.39, 0.29) is 0 Å². The average molecular weight is 320 g/mol. The van der Waals surface area contributed by atoms with Crippen LogP contribution < -0.4 is 14.2 Å². The predicted molar refractivity (Wildman–Crippen MR) is 84.5 cm³/mol. The smallest absolute Gasteiger partial charge is 0.203 e. The molecule has 0 saturated carbocycles. The summed E-state index contributed by atoms with van der Waals surface area (Å²) >= 11 is 0. The number of benzene rings is 1. The van der Waals surface area contributed by atoms with Gasteiger partial charge in [-0.25, -0.2) is 0 Å². The third-order valence-corrected chi connectivity index (χ3v) is 3.35. The predicted octanol–water partition coefficient (Wildman–Crippen LogP) is 2.87. The van der Waals surface area contributed by atoms with Crippen LogP contribution in [-0.2, 0) is 11.4 Å². The topological polar surface area (TPSA) is 75.3 Å². The molecule has 0 amide bonds. The van der Waals surface area contributed by atoms with E-state index in [1.165, 1.54) is 0 Å². The Morgan fingerprint density at radius 1 is 1.09 bits per heavy atom. The van der Waals surface area contributed by atoms with Crippen LogP contribution in [0.5, 0.6) is 17.2 Å². The number of aromatic nitrogens is 1. The highest BCUT2D eigenvalue weighted by Crippen LogP contribution is 2.37. The van der Waals surface area contributed by atoms with Crippen molar-refractivity contribution in [1.29, 1.82) is 0 Å². The summed E-state index contributed by atoms with van der Waals surface area (Å²) in [5.41, 5.74) is 2.45. The van der Waals surface area contributed by atoms with Crippen molar-refractivity contribution in [1.82, 2.24) is 5.16 Å². The molecule has 1 aromatic carbocycles. The zero-order chi connectivity index (χ0) is 16.8. The van der Waals surface area contributed by atoms with E-state index >= 15 is 0 Å². The van der Waals surface area contributed by atoms with Gasteiger partial charge >= 0.3 is 0 Å². The highest BCUT2D eigenvalue weighted by Gasteiger charge is 2.12. The van der Waals surface area contributed by atoms with Gasteiger partial charge in [0.15, 0.2) is 11.5 Å². The number of nitrogens with zero attached hydrogens (tertiary/aromatic N) is 2. The summed E-state index contributed by atoms with van der Waals surface area (Å²) in [7, 11) is 4.68. The summed E-state index contributed by atoms with van der Waals surface area (Å²) in [6.45, 7) is 3.99. The van der Waals surface area contributed by atoms with Crippen molar-refractivity contribution in [3.05, 3.63) is 34.7 Å². The largest absolute Gasteiger partial charge is 0.493 e. The van der Waals surface area contributed by atoms with E-state index in [2.05, 4.69) is 10.3 Å². The van der Waals surface area contributed by atoms with Gasteiger partial charge in [-0.1, -0.05) is 10.3 Å². The van der Waals surface area contributed by atoms with Crippen molar-refractivity contribution in [3.63, 3.8) is 0 Å². The van der Waals surface area contributed by atoms with Gasteiger partial charge in [-0.2, -0.15) is 0 Å². The lowest BCUT2D eigenvalue weighted by Gasteiger charge is -2.12. The fourth-order valence-electron chi connectivity index (χ4n) is 2.08. The van der Waals surface area contributed by atoms with Crippen LogP contribution >= 0.6 is 0 Å². The highest BCUT2D eigenvalue weighted by molar-refractivity contribution is 5.82. The van der Waals surface area contributed by atoms with Gasteiger partial charge in [0.1, 0.15) is 12.4 Å². The van der Waals surface area contributed by atoms with Gasteiger partial charge in [0.05, 0.1) is 38.8 Å². The fourth-order valence-corrected chi connectivity index (χ4v) is 2.08. The molecule has 0 saturated heterocycles. The van der Waals surface area contributed by atoms with Gasteiger partial charge in [0, 0.05) is 5.56 Å². The van der Waals surface area contributed by atoms with Crippen molar-refractivity contribution in [2.24, 2.45) is 5.16 Å². The standard InChI is InChI=1S/C16H20N2O5/c1-10-13(11(2)23-18-10)9-22-17-8-12-6-14(19-3)16(21-5)15(7-12)20-4/h6-8H,9H2,1-5H3/b17-8-. The summed E-state index contributed by atoms with van der Waals surface area (Å²) in [4.78, 5) is 5.30. The Kier molecular flexibility index (Phi) is 5.46. The molecule has 1 aromatic heterocycles. The molecule has 2 aromatic rings. The third-order valence-electron chi connectivity index (χ3n) is 3.35. The molecule has 2 rings (SSSR count). The van der Waals surface area contributed by atoms with Crippen LogP contribution in [-0.4, -0.2) is 32.7 Å². The van der Waals surface area contributed by atoms with Crippen LogP contribution in [0.1, 0.15) is 22.6 Å². The number of methoxy groups -OCH3 is 3. The molecule has 0 aliphatic heterocycles. The van der Waals surface area contributed by atoms with Crippen molar-refractivity contribution < 1.29 is 23.6 Å². The number of ether oxygens (including phenoxy) is 3. The summed E-state index contributed by atoms with van der Waals surface area (Å²) in [6, 6.07) is 3.56. The Morgan fingerprint density at radius 3 is 2.22 bits per heavy atom. The summed E-state index contributed by atoms with van der Waals surface area (Å²) in [5, 5.41) is 7.82. The lowest BCUT2D eigenvalue weighted by Crippen LogP contribution is -1.97. The summed E-state index contributed by atoms with van der Waals surface area (Å²) < 4.78 is 20.9. The van der Waals surface area contributed by atoms with Gasteiger partial charge < -0.3 is 23.6 Å². The molecule has 0 bridgehead atoms. The Bertz CT molecular complexity index is 649. The Balaban J connectivity index is 2.10. The van der Waals surface area contributed by atoms with Gasteiger partial charge in [0.2, 0.25) is 5.75 Å². The molecule has 0 fully saturated rings. The van der Waals surface area contributed by atoms with Crippen molar-refractivity contribution in [3.8, 4) is 17.2 Å². The maximum Gasteiger partial charge on any atom is 0.203 e. The molecule has 124 valence electrons. The maximum atomic E-state index is 5.30. The molecule has 0 aliphatic rings. The second-order valence-electron chi connectivity index (χ2n) is 4.77. The fraction of sp³-hybridized carbons (Fsp3) is 0.375. The van der Waals surface area contributed by atoms with Gasteiger partial charge in [-0.3, -0.25) is 0 Å². The van der Waals surface area contributed by atoms with Crippen molar-refractivity contribution in [2.75, 3.05) is 21.3 Å². The number of rotatable bonds is 7. The normalized spacial score (nSPS) is 10.8. The molecule has 0 radical (unpaired) electrons. The average Bonchev–Trinajstić information content (AvgIpc) is 2.89. The third kappa shape index (κ3) is 3.74. The highest BCUT2D eigenvalue weighted by atomic mass is 16.6. The minimum absolute atomic E-state index is 0.294. The minimum atomic E-state index is 0.294. The SMILES string of the molecule is COc1cc(/C=N\OCc2c(C)noc2C)cc(OC)c1OC. The van der Waals surface area contributed by atoms with Gasteiger partial charge in [-0.05, 0) is 26.0 Å². The van der Waals surface area contributed by atoms with E-state index in [0.717, 1.165) is 22.6 Å². The van der Waals surface area contributed by atoms with Crippen LogP contribution in [0.15, 0.2) is 21.8 Å². The molecule has 0 N–H and O–H groups in total. The van der Waals surface area contributed by atoms with E-state index in [1.54, 1.807) is 39.7 Å². The zero-order valence-electron chi connectivity index (χ0n) is 13.9. The Hall–Kier alpha value is -2.70. The Labute approximate surface area is 134 Å². The molecule has 0 spiro atoms. The van der Waals surface area contributed by atoms with Crippen LogP contribution in [0.4, 0.5) is 0 Å². The van der Waals surface area contributed by atoms with E-state index in [1.807, 2.05) is 13.8 Å². The molecular weight excluding hydrogens is 300 g/mol. The monoisotopic (exact) mass is 320 g/mol. The van der Waals surface area contributed by atoms with E-state index in [9.17, 15) is 0 Å². The van der Waals surface area contributed by atoms with Gasteiger partial charge in [-0.15, -0.1) is 0 Å². The molecule has 0 aliphatic carbocycles. The first kappa shape index (κ1) is 16.7. The zero-order valence-corrected chi connectivity index (χ0v) is 13.9. The molecule has 1 heterocycles. The number of oxime groups is 1. The lowest BCUT2D eigenvalue weighted by molar-refractivity contribution is 0.130. The number of hydrogen-bond acceptors (Lipinski definition) is 7. The van der Waals surface area contributed by atoms with Crippen LogP contribution in [0.3, 0.4) is 0 Å².